The van der Waals surface area contributed by atoms with E-state index in [1.54, 1.807) is 19.1 Å². The minimum Gasteiger partial charge on any atom is -0.292 e. The summed E-state index contributed by atoms with van der Waals surface area (Å²) < 4.78 is 54.3. The van der Waals surface area contributed by atoms with E-state index in [1.807, 2.05) is 4.98 Å². The van der Waals surface area contributed by atoms with Gasteiger partial charge in [0.15, 0.2) is 0 Å². The van der Waals surface area contributed by atoms with Crippen LogP contribution in [-0.4, -0.2) is 25.9 Å². The summed E-state index contributed by atoms with van der Waals surface area (Å²) in [5.74, 6) is -0.423. The molecule has 0 radical (unpaired) electrons. The van der Waals surface area contributed by atoms with Crippen LogP contribution in [0.2, 0.25) is 0 Å². The molecule has 0 saturated heterocycles. The number of aromatic nitrogens is 4. The van der Waals surface area contributed by atoms with Gasteiger partial charge in [-0.1, -0.05) is 12.1 Å². The number of nitrogens with one attached hydrogen (secondary N) is 2. The van der Waals surface area contributed by atoms with Gasteiger partial charge in [-0.2, -0.15) is 18.3 Å². The number of hydrogen-bond acceptors (Lipinski definition) is 3. The number of halogens is 4. The predicted octanol–water partition coefficient (Wildman–Crippen LogP) is 2.96. The van der Waals surface area contributed by atoms with Crippen molar-refractivity contribution in [3.63, 3.8) is 0 Å². The third-order valence-corrected chi connectivity index (χ3v) is 4.91. The third-order valence-electron chi connectivity index (χ3n) is 4.91. The Bertz CT molecular complexity index is 1170. The average Bonchev–Trinajstić information content (AvgIpc) is 3.34. The van der Waals surface area contributed by atoms with Crippen LogP contribution in [0.5, 0.6) is 0 Å². The molecule has 1 saturated carbocycles. The molecular formula is C18H16F4N4O2. The van der Waals surface area contributed by atoms with Crippen molar-refractivity contribution in [1.82, 2.24) is 19.7 Å². The van der Waals surface area contributed by atoms with Crippen molar-refractivity contribution in [1.29, 1.82) is 0 Å². The SMILES string of the molecule is Cc1ccc(C(C2CC2)n2nc(CC(F)(F)F)c3c(=O)[nH]c(=O)[nH]c32)cc1F. The molecule has 1 fully saturated rings. The number of benzene rings is 1. The maximum Gasteiger partial charge on any atom is 0.394 e. The lowest BCUT2D eigenvalue weighted by atomic mass is 10.0. The van der Waals surface area contributed by atoms with E-state index < -0.39 is 41.4 Å². The van der Waals surface area contributed by atoms with E-state index in [-0.39, 0.29) is 17.0 Å². The van der Waals surface area contributed by atoms with E-state index in [1.165, 1.54) is 10.7 Å². The van der Waals surface area contributed by atoms with Gasteiger partial charge < -0.3 is 0 Å². The molecule has 1 aliphatic carbocycles. The molecule has 148 valence electrons. The van der Waals surface area contributed by atoms with Gasteiger partial charge in [-0.15, -0.1) is 0 Å². The molecule has 0 bridgehead atoms. The molecule has 0 spiro atoms. The van der Waals surface area contributed by atoms with Gasteiger partial charge in [0.2, 0.25) is 0 Å². The highest BCUT2D eigenvalue weighted by Crippen LogP contribution is 2.44. The summed E-state index contributed by atoms with van der Waals surface area (Å²) in [6.07, 6.45) is -4.43. The highest BCUT2D eigenvalue weighted by atomic mass is 19.4. The van der Waals surface area contributed by atoms with Crippen molar-refractivity contribution in [3.8, 4) is 0 Å². The van der Waals surface area contributed by atoms with E-state index in [2.05, 4.69) is 10.1 Å². The van der Waals surface area contributed by atoms with Crippen LogP contribution in [0.25, 0.3) is 11.0 Å². The van der Waals surface area contributed by atoms with Crippen LogP contribution in [-0.2, 0) is 6.42 Å². The maximum absolute atomic E-state index is 14.1. The number of nitrogens with zero attached hydrogens (tertiary/aromatic N) is 2. The first kappa shape index (κ1) is 18.5. The molecule has 6 nitrogen and oxygen atoms in total. The van der Waals surface area contributed by atoms with Crippen LogP contribution in [0.1, 0.15) is 35.7 Å². The molecule has 0 amide bonds. The van der Waals surface area contributed by atoms with Gasteiger partial charge >= 0.3 is 11.9 Å². The maximum atomic E-state index is 14.1. The van der Waals surface area contributed by atoms with E-state index in [4.69, 9.17) is 0 Å². The molecular weight excluding hydrogens is 380 g/mol. The van der Waals surface area contributed by atoms with Crippen LogP contribution >= 0.6 is 0 Å². The van der Waals surface area contributed by atoms with Crippen LogP contribution in [0.4, 0.5) is 17.6 Å². The third kappa shape index (κ3) is 3.34. The van der Waals surface area contributed by atoms with Crippen LogP contribution in [0, 0.1) is 18.7 Å². The number of aryl methyl sites for hydroxylation is 1. The average molecular weight is 396 g/mol. The lowest BCUT2D eigenvalue weighted by Gasteiger charge is -2.19. The molecule has 2 N–H and O–H groups in total. The van der Waals surface area contributed by atoms with Gasteiger partial charge in [0.05, 0.1) is 18.2 Å². The number of H-pyrrole nitrogens is 2. The van der Waals surface area contributed by atoms with Crippen molar-refractivity contribution in [2.24, 2.45) is 5.92 Å². The summed E-state index contributed by atoms with van der Waals surface area (Å²) in [5, 5.41) is 3.74. The van der Waals surface area contributed by atoms with Crippen molar-refractivity contribution in [3.05, 3.63) is 61.7 Å². The molecule has 1 aromatic carbocycles. The highest BCUT2D eigenvalue weighted by molar-refractivity contribution is 5.77. The van der Waals surface area contributed by atoms with E-state index in [0.717, 1.165) is 12.8 Å². The number of hydrogen-bond donors (Lipinski definition) is 2. The quantitative estimate of drug-likeness (QED) is 0.665. The molecule has 28 heavy (non-hydrogen) atoms. The number of aromatic amines is 2. The van der Waals surface area contributed by atoms with Crippen LogP contribution in [0.15, 0.2) is 27.8 Å². The fourth-order valence-electron chi connectivity index (χ4n) is 3.48. The molecule has 2 heterocycles. The Morgan fingerprint density at radius 1 is 1.25 bits per heavy atom. The first-order valence-corrected chi connectivity index (χ1v) is 8.70. The summed E-state index contributed by atoms with van der Waals surface area (Å²) in [5.41, 5.74) is -1.39. The molecule has 1 unspecified atom stereocenters. The smallest absolute Gasteiger partial charge is 0.292 e. The van der Waals surface area contributed by atoms with Gasteiger partial charge in [0.1, 0.15) is 16.9 Å². The minimum absolute atomic E-state index is 0.0201. The Kier molecular flexibility index (Phi) is 4.16. The fraction of sp³-hybridized carbons (Fsp3) is 0.389. The van der Waals surface area contributed by atoms with Gasteiger partial charge in [-0.25, -0.2) is 13.9 Å². The van der Waals surface area contributed by atoms with Crippen LogP contribution in [0.3, 0.4) is 0 Å². The van der Waals surface area contributed by atoms with E-state index in [9.17, 15) is 27.2 Å². The Morgan fingerprint density at radius 2 is 1.96 bits per heavy atom. The van der Waals surface area contributed by atoms with Gasteiger partial charge in [0, 0.05) is 0 Å². The highest BCUT2D eigenvalue weighted by Gasteiger charge is 2.38. The van der Waals surface area contributed by atoms with Crippen LogP contribution < -0.4 is 11.2 Å². The lowest BCUT2D eigenvalue weighted by Crippen LogP contribution is -2.24. The molecule has 4 rings (SSSR count). The first-order chi connectivity index (χ1) is 13.1. The Balaban J connectivity index is 1.96. The minimum atomic E-state index is -4.58. The zero-order chi connectivity index (χ0) is 20.2. The molecule has 2 aromatic heterocycles. The van der Waals surface area contributed by atoms with Gasteiger partial charge in [0.25, 0.3) is 5.56 Å². The van der Waals surface area contributed by atoms with Crippen molar-refractivity contribution >= 4 is 11.0 Å². The summed E-state index contributed by atoms with van der Waals surface area (Å²) in [6, 6.07) is 4.00. The molecule has 1 atom stereocenters. The standard InChI is InChI=1S/C18H16F4N4O2/c1-8-2-3-10(6-11(8)19)14(9-4-5-9)26-15-13(16(27)24-17(28)23-15)12(25-26)7-18(20,21)22/h2-3,6,9,14H,4-5,7H2,1H3,(H2,23,24,27,28). The number of alkyl halides is 3. The van der Waals surface area contributed by atoms with Crippen molar-refractivity contribution < 1.29 is 17.6 Å². The fourth-order valence-corrected chi connectivity index (χ4v) is 3.48. The molecule has 1 aliphatic rings. The Hall–Kier alpha value is -2.91. The zero-order valence-electron chi connectivity index (χ0n) is 14.7. The number of rotatable bonds is 4. The second-order valence-corrected chi connectivity index (χ2v) is 7.11. The second kappa shape index (κ2) is 6.32. The topological polar surface area (TPSA) is 83.5 Å². The van der Waals surface area contributed by atoms with E-state index in [0.29, 0.717) is 11.1 Å². The summed E-state index contributed by atoms with van der Waals surface area (Å²) in [4.78, 5) is 28.3. The monoisotopic (exact) mass is 396 g/mol. The molecule has 0 aliphatic heterocycles. The predicted molar refractivity (Wildman–Crippen MR) is 92.7 cm³/mol. The van der Waals surface area contributed by atoms with Crippen molar-refractivity contribution in [2.75, 3.05) is 0 Å². The summed E-state index contributed by atoms with van der Waals surface area (Å²) in [6.45, 7) is 1.60. The zero-order valence-corrected chi connectivity index (χ0v) is 14.7. The number of fused-ring (bicyclic) bond motifs is 1. The summed E-state index contributed by atoms with van der Waals surface area (Å²) >= 11 is 0. The Morgan fingerprint density at radius 3 is 2.57 bits per heavy atom. The summed E-state index contributed by atoms with van der Waals surface area (Å²) in [7, 11) is 0. The van der Waals surface area contributed by atoms with Gasteiger partial charge in [-0.05, 0) is 42.9 Å². The largest absolute Gasteiger partial charge is 0.394 e. The Labute approximate surface area is 155 Å². The lowest BCUT2D eigenvalue weighted by molar-refractivity contribution is -0.127. The van der Waals surface area contributed by atoms with Gasteiger partial charge in [-0.3, -0.25) is 14.8 Å². The van der Waals surface area contributed by atoms with E-state index >= 15 is 0 Å². The first-order valence-electron chi connectivity index (χ1n) is 8.70. The second-order valence-electron chi connectivity index (χ2n) is 7.11. The molecule has 10 heteroatoms. The molecule has 3 aromatic rings. The van der Waals surface area contributed by atoms with Crippen molar-refractivity contribution in [2.45, 2.75) is 38.4 Å². The normalized spacial score (nSPS) is 15.9.